The Kier molecular flexibility index (Phi) is 2.80. The second-order valence-corrected chi connectivity index (χ2v) is 2.36. The number of carbonyl (C=O) groups is 1. The first-order valence-corrected chi connectivity index (χ1v) is 3.44. The summed E-state index contributed by atoms with van der Waals surface area (Å²) < 4.78 is 24.3. The Hall–Kier alpha value is -1.92. The Balaban J connectivity index is 3.27. The summed E-state index contributed by atoms with van der Waals surface area (Å²) in [5.41, 5.74) is -0.969. The fourth-order valence-corrected chi connectivity index (χ4v) is 0.832. The molecule has 0 aromatic carbocycles. The molecule has 5 nitrogen and oxygen atoms in total. The van der Waals surface area contributed by atoms with Gasteiger partial charge in [-0.2, -0.15) is 0 Å². The first kappa shape index (κ1) is 10.2. The minimum atomic E-state index is -2.94. The number of nitro groups is 1. The molecule has 1 aromatic heterocycles. The highest BCUT2D eigenvalue weighted by Gasteiger charge is 2.19. The molecule has 1 rings (SSSR count). The van der Waals surface area contributed by atoms with Crippen LogP contribution in [-0.2, 0) is 0 Å². The van der Waals surface area contributed by atoms with Gasteiger partial charge in [0.1, 0.15) is 0 Å². The van der Waals surface area contributed by atoms with Gasteiger partial charge in [0.05, 0.1) is 0 Å². The van der Waals surface area contributed by atoms with E-state index in [9.17, 15) is 23.7 Å². The molecule has 0 unspecified atom stereocenters. The third-order valence-corrected chi connectivity index (χ3v) is 1.40. The Morgan fingerprint density at radius 1 is 1.50 bits per heavy atom. The summed E-state index contributed by atoms with van der Waals surface area (Å²) in [6.45, 7) is 0. The number of nitrogens with zero attached hydrogens (tertiary/aromatic N) is 2. The van der Waals surface area contributed by atoms with Crippen LogP contribution in [-0.4, -0.2) is 16.2 Å². The van der Waals surface area contributed by atoms with Gasteiger partial charge in [0.2, 0.25) is 5.69 Å². The number of aromatic nitrogens is 1. The van der Waals surface area contributed by atoms with E-state index < -0.39 is 22.9 Å². The van der Waals surface area contributed by atoms with Crippen LogP contribution < -0.4 is 0 Å². The molecule has 0 bridgehead atoms. The van der Waals surface area contributed by atoms with Crippen LogP contribution >= 0.6 is 0 Å². The van der Waals surface area contributed by atoms with E-state index in [-0.39, 0.29) is 11.8 Å². The smallest absolute Gasteiger partial charge is 0.358 e. The van der Waals surface area contributed by atoms with E-state index in [4.69, 9.17) is 0 Å². The molecule has 0 saturated heterocycles. The topological polar surface area (TPSA) is 73.1 Å². The van der Waals surface area contributed by atoms with Crippen molar-refractivity contribution in [2.45, 2.75) is 6.43 Å². The molecular formula is C7H4F2N2O3. The third kappa shape index (κ3) is 2.06. The van der Waals surface area contributed by atoms with Gasteiger partial charge in [-0.25, -0.2) is 8.78 Å². The maximum absolute atomic E-state index is 12.1. The van der Waals surface area contributed by atoms with Gasteiger partial charge in [-0.1, -0.05) is 0 Å². The minimum Gasteiger partial charge on any atom is -0.358 e. The molecule has 0 radical (unpaired) electrons. The first-order chi connectivity index (χ1) is 6.54. The van der Waals surface area contributed by atoms with Gasteiger partial charge < -0.3 is 10.1 Å². The molecule has 0 fully saturated rings. The van der Waals surface area contributed by atoms with E-state index in [1.807, 2.05) is 0 Å². The lowest BCUT2D eigenvalue weighted by Crippen LogP contribution is -1.99. The van der Waals surface area contributed by atoms with E-state index in [0.29, 0.717) is 0 Å². The highest BCUT2D eigenvalue weighted by atomic mass is 19.3. The second kappa shape index (κ2) is 3.86. The van der Waals surface area contributed by atoms with Crippen molar-refractivity contribution in [1.29, 1.82) is 0 Å². The molecule has 0 aliphatic heterocycles. The van der Waals surface area contributed by atoms with E-state index >= 15 is 0 Å². The van der Waals surface area contributed by atoms with Crippen molar-refractivity contribution >= 4 is 12.1 Å². The zero-order valence-electron chi connectivity index (χ0n) is 6.68. The van der Waals surface area contributed by atoms with Gasteiger partial charge in [0.15, 0.2) is 6.29 Å². The van der Waals surface area contributed by atoms with Crippen LogP contribution in [0.15, 0.2) is 12.1 Å². The number of carbonyl (C=O) groups excluding carboxylic acids is 1. The van der Waals surface area contributed by atoms with Crippen molar-refractivity contribution in [2.24, 2.45) is 0 Å². The second-order valence-electron chi connectivity index (χ2n) is 2.36. The zero-order valence-corrected chi connectivity index (χ0v) is 6.68. The molecule has 7 heteroatoms. The lowest BCUT2D eigenvalue weighted by Gasteiger charge is -1.96. The van der Waals surface area contributed by atoms with Crippen LogP contribution in [0.25, 0.3) is 0 Å². The highest BCUT2D eigenvalue weighted by Crippen LogP contribution is 2.20. The van der Waals surface area contributed by atoms with Crippen molar-refractivity contribution in [3.8, 4) is 0 Å². The maximum atomic E-state index is 12.1. The van der Waals surface area contributed by atoms with Crippen LogP contribution in [0.1, 0.15) is 22.5 Å². The van der Waals surface area contributed by atoms with E-state index in [1.165, 1.54) is 0 Å². The predicted octanol–water partition coefficient (Wildman–Crippen LogP) is 1.74. The molecule has 0 saturated carbocycles. The van der Waals surface area contributed by atoms with Crippen molar-refractivity contribution in [1.82, 2.24) is 4.98 Å². The highest BCUT2D eigenvalue weighted by molar-refractivity contribution is 5.75. The molecule has 0 aliphatic carbocycles. The molecule has 0 atom stereocenters. The number of halogens is 2. The quantitative estimate of drug-likeness (QED) is 0.425. The number of pyridine rings is 1. The van der Waals surface area contributed by atoms with E-state index in [0.717, 1.165) is 12.1 Å². The standard InChI is InChI=1S/C7H4F2N2O3/c8-7(9)5-1-4(3-12)2-6(10-5)11(13)14/h1-3,7H. The number of rotatable bonds is 3. The van der Waals surface area contributed by atoms with Crippen LogP contribution in [0.2, 0.25) is 0 Å². The van der Waals surface area contributed by atoms with Crippen LogP contribution in [0.5, 0.6) is 0 Å². The molecule has 0 aliphatic rings. The monoisotopic (exact) mass is 202 g/mol. The van der Waals surface area contributed by atoms with Crippen molar-refractivity contribution in [3.63, 3.8) is 0 Å². The summed E-state index contributed by atoms with van der Waals surface area (Å²) in [6.07, 6.45) is -2.69. The number of hydrogen-bond acceptors (Lipinski definition) is 4. The van der Waals surface area contributed by atoms with E-state index in [1.54, 1.807) is 0 Å². The van der Waals surface area contributed by atoms with Gasteiger partial charge in [-0.3, -0.25) is 4.79 Å². The average Bonchev–Trinajstić information content (AvgIpc) is 2.16. The van der Waals surface area contributed by atoms with Crippen LogP contribution in [0.4, 0.5) is 14.6 Å². The largest absolute Gasteiger partial charge is 0.364 e. The summed E-state index contributed by atoms with van der Waals surface area (Å²) in [6, 6.07) is 1.64. The number of hydrogen-bond donors (Lipinski definition) is 0. The predicted molar refractivity (Wildman–Crippen MR) is 41.2 cm³/mol. The Morgan fingerprint density at radius 3 is 2.57 bits per heavy atom. The molecule has 74 valence electrons. The SMILES string of the molecule is O=Cc1cc(C(F)F)nc([N+](=O)[O-])c1. The summed E-state index contributed by atoms with van der Waals surface area (Å²) in [4.78, 5) is 22.6. The average molecular weight is 202 g/mol. The van der Waals surface area contributed by atoms with Crippen LogP contribution in [0.3, 0.4) is 0 Å². The van der Waals surface area contributed by atoms with Gasteiger partial charge in [-0.15, -0.1) is 0 Å². The molecular weight excluding hydrogens is 198 g/mol. The van der Waals surface area contributed by atoms with E-state index in [2.05, 4.69) is 4.98 Å². The number of aldehydes is 1. The summed E-state index contributed by atoms with van der Waals surface area (Å²) in [5, 5.41) is 10.2. The van der Waals surface area contributed by atoms with Gasteiger partial charge in [0.25, 0.3) is 0 Å². The molecule has 1 heterocycles. The minimum absolute atomic E-state index is 0.193. The Morgan fingerprint density at radius 2 is 2.14 bits per heavy atom. The summed E-state index contributed by atoms with van der Waals surface area (Å²) >= 11 is 0. The summed E-state index contributed by atoms with van der Waals surface area (Å²) in [7, 11) is 0. The number of alkyl halides is 2. The van der Waals surface area contributed by atoms with Crippen molar-refractivity contribution in [2.75, 3.05) is 0 Å². The Labute approximate surface area is 76.5 Å². The van der Waals surface area contributed by atoms with Crippen molar-refractivity contribution in [3.05, 3.63) is 33.5 Å². The molecule has 0 N–H and O–H groups in total. The van der Waals surface area contributed by atoms with Gasteiger partial charge in [-0.05, 0) is 9.91 Å². The zero-order chi connectivity index (χ0) is 10.7. The molecule has 0 amide bonds. The summed E-state index contributed by atoms with van der Waals surface area (Å²) in [5.74, 6) is -0.759. The molecule has 0 spiro atoms. The Bertz CT molecular complexity index is 381. The van der Waals surface area contributed by atoms with Gasteiger partial charge in [0, 0.05) is 17.7 Å². The molecule has 14 heavy (non-hydrogen) atoms. The van der Waals surface area contributed by atoms with Gasteiger partial charge >= 0.3 is 12.2 Å². The lowest BCUT2D eigenvalue weighted by molar-refractivity contribution is -0.389. The van der Waals surface area contributed by atoms with Crippen LogP contribution in [0, 0.1) is 10.1 Å². The normalized spacial score (nSPS) is 10.2. The first-order valence-electron chi connectivity index (χ1n) is 3.44. The fourth-order valence-electron chi connectivity index (χ4n) is 0.832. The fraction of sp³-hybridized carbons (Fsp3) is 0.143. The third-order valence-electron chi connectivity index (χ3n) is 1.40. The maximum Gasteiger partial charge on any atom is 0.364 e. The lowest BCUT2D eigenvalue weighted by atomic mass is 10.2. The van der Waals surface area contributed by atoms with Crippen molar-refractivity contribution < 1.29 is 18.5 Å². The molecule has 1 aromatic rings.